The molecule has 1 aliphatic rings. The van der Waals surface area contributed by atoms with E-state index in [1.165, 1.54) is 37.1 Å². The molecule has 0 spiro atoms. The summed E-state index contributed by atoms with van der Waals surface area (Å²) in [4.78, 5) is 4.59. The maximum atomic E-state index is 4.59. The molecule has 1 aromatic heterocycles. The standard InChI is InChI=1S/C15H27N3/c1-5-16-14(15(2,3)4)10-18-11-17-12-8-6-7-9-13(12)18/h11,14,16H,5-10H2,1-4H3. The number of hydrogen-bond acceptors (Lipinski definition) is 2. The predicted molar refractivity (Wildman–Crippen MR) is 75.8 cm³/mol. The van der Waals surface area contributed by atoms with E-state index >= 15 is 0 Å². The van der Waals surface area contributed by atoms with Gasteiger partial charge >= 0.3 is 0 Å². The first-order valence-corrected chi connectivity index (χ1v) is 7.28. The van der Waals surface area contributed by atoms with Crippen molar-refractivity contribution in [2.75, 3.05) is 6.54 Å². The molecule has 0 radical (unpaired) electrons. The van der Waals surface area contributed by atoms with Gasteiger partial charge in [0.05, 0.1) is 12.0 Å². The molecule has 1 N–H and O–H groups in total. The van der Waals surface area contributed by atoms with Crippen LogP contribution in [0.15, 0.2) is 6.33 Å². The molecule has 18 heavy (non-hydrogen) atoms. The normalized spacial score (nSPS) is 17.6. The average molecular weight is 249 g/mol. The van der Waals surface area contributed by atoms with E-state index in [0.717, 1.165) is 13.1 Å². The lowest BCUT2D eigenvalue weighted by molar-refractivity contribution is 0.243. The fourth-order valence-corrected chi connectivity index (χ4v) is 2.78. The lowest BCUT2D eigenvalue weighted by atomic mass is 9.86. The Hall–Kier alpha value is -0.830. The van der Waals surface area contributed by atoms with E-state index in [1.807, 2.05) is 6.33 Å². The van der Waals surface area contributed by atoms with Crippen molar-refractivity contribution in [3.8, 4) is 0 Å². The summed E-state index contributed by atoms with van der Waals surface area (Å²) >= 11 is 0. The second kappa shape index (κ2) is 5.43. The van der Waals surface area contributed by atoms with E-state index in [1.54, 1.807) is 0 Å². The summed E-state index contributed by atoms with van der Waals surface area (Å²) in [6.45, 7) is 11.2. The molecule has 0 saturated heterocycles. The van der Waals surface area contributed by atoms with Crippen LogP contribution in [0, 0.1) is 5.41 Å². The molecule has 0 saturated carbocycles. The molecule has 3 heteroatoms. The van der Waals surface area contributed by atoms with Gasteiger partial charge in [-0.3, -0.25) is 0 Å². The van der Waals surface area contributed by atoms with Crippen LogP contribution >= 0.6 is 0 Å². The number of hydrogen-bond donors (Lipinski definition) is 1. The number of aromatic nitrogens is 2. The van der Waals surface area contributed by atoms with Crippen LogP contribution in [0.1, 0.15) is 51.9 Å². The van der Waals surface area contributed by atoms with E-state index in [2.05, 4.69) is 42.6 Å². The SMILES string of the molecule is CCNC(Cn1cnc2c1CCCC2)C(C)(C)C. The van der Waals surface area contributed by atoms with Crippen molar-refractivity contribution >= 4 is 0 Å². The van der Waals surface area contributed by atoms with Crippen molar-refractivity contribution in [3.63, 3.8) is 0 Å². The number of aryl methyl sites for hydroxylation is 1. The second-order valence-electron chi connectivity index (χ2n) is 6.47. The van der Waals surface area contributed by atoms with Crippen molar-refractivity contribution < 1.29 is 0 Å². The van der Waals surface area contributed by atoms with Crippen molar-refractivity contribution in [2.24, 2.45) is 5.41 Å². The number of nitrogens with one attached hydrogen (secondary N) is 1. The lowest BCUT2D eigenvalue weighted by Gasteiger charge is -2.32. The van der Waals surface area contributed by atoms with Crippen LogP contribution in [0.4, 0.5) is 0 Å². The Morgan fingerprint density at radius 3 is 2.72 bits per heavy atom. The number of rotatable bonds is 4. The highest BCUT2D eigenvalue weighted by Gasteiger charge is 2.25. The van der Waals surface area contributed by atoms with Crippen LogP contribution in [0.5, 0.6) is 0 Å². The van der Waals surface area contributed by atoms with Crippen LogP contribution in [0.3, 0.4) is 0 Å². The Morgan fingerprint density at radius 2 is 2.06 bits per heavy atom. The summed E-state index contributed by atoms with van der Waals surface area (Å²) in [5.41, 5.74) is 3.10. The molecule has 1 aromatic rings. The van der Waals surface area contributed by atoms with Crippen molar-refractivity contribution in [2.45, 2.75) is 66.0 Å². The van der Waals surface area contributed by atoms with Gasteiger partial charge < -0.3 is 9.88 Å². The van der Waals surface area contributed by atoms with Crippen LogP contribution < -0.4 is 5.32 Å². The topological polar surface area (TPSA) is 29.9 Å². The van der Waals surface area contributed by atoms with Gasteiger partial charge in [-0.05, 0) is 37.6 Å². The maximum absolute atomic E-state index is 4.59. The number of imidazole rings is 1. The van der Waals surface area contributed by atoms with Crippen LogP contribution in [-0.4, -0.2) is 22.1 Å². The molecule has 1 heterocycles. The van der Waals surface area contributed by atoms with Gasteiger partial charge in [-0.2, -0.15) is 0 Å². The van der Waals surface area contributed by atoms with Crippen LogP contribution in [-0.2, 0) is 19.4 Å². The van der Waals surface area contributed by atoms with Gasteiger partial charge in [0, 0.05) is 18.3 Å². The minimum atomic E-state index is 0.280. The molecule has 0 fully saturated rings. The van der Waals surface area contributed by atoms with Gasteiger partial charge in [-0.1, -0.05) is 27.7 Å². The fraction of sp³-hybridized carbons (Fsp3) is 0.800. The van der Waals surface area contributed by atoms with Gasteiger partial charge in [0.1, 0.15) is 0 Å². The van der Waals surface area contributed by atoms with E-state index in [9.17, 15) is 0 Å². The Morgan fingerprint density at radius 1 is 1.33 bits per heavy atom. The van der Waals surface area contributed by atoms with Crippen molar-refractivity contribution in [3.05, 3.63) is 17.7 Å². The zero-order valence-electron chi connectivity index (χ0n) is 12.3. The fourth-order valence-electron chi connectivity index (χ4n) is 2.78. The van der Waals surface area contributed by atoms with Crippen LogP contribution in [0.25, 0.3) is 0 Å². The summed E-state index contributed by atoms with van der Waals surface area (Å²) in [5, 5.41) is 3.62. The summed E-state index contributed by atoms with van der Waals surface area (Å²) < 4.78 is 2.38. The molecule has 0 bridgehead atoms. The van der Waals surface area contributed by atoms with E-state index in [0.29, 0.717) is 6.04 Å². The third-order valence-electron chi connectivity index (χ3n) is 3.99. The molecular formula is C15H27N3. The average Bonchev–Trinajstić information content (AvgIpc) is 2.71. The molecule has 1 aliphatic carbocycles. The van der Waals surface area contributed by atoms with Gasteiger partial charge in [0.15, 0.2) is 0 Å². The number of likely N-dealkylation sites (N-methyl/N-ethyl adjacent to an activating group) is 1. The summed E-state index contributed by atoms with van der Waals surface area (Å²) in [6.07, 6.45) is 7.05. The van der Waals surface area contributed by atoms with E-state index < -0.39 is 0 Å². The second-order valence-corrected chi connectivity index (χ2v) is 6.47. The Bertz CT molecular complexity index is 387. The smallest absolute Gasteiger partial charge is 0.0952 e. The molecule has 1 atom stereocenters. The van der Waals surface area contributed by atoms with Crippen molar-refractivity contribution in [1.82, 2.24) is 14.9 Å². The third kappa shape index (κ3) is 2.94. The maximum Gasteiger partial charge on any atom is 0.0952 e. The Kier molecular flexibility index (Phi) is 4.10. The van der Waals surface area contributed by atoms with Gasteiger partial charge in [0.25, 0.3) is 0 Å². The Labute approximate surface area is 111 Å². The van der Waals surface area contributed by atoms with Gasteiger partial charge in [-0.25, -0.2) is 4.98 Å². The van der Waals surface area contributed by atoms with Crippen LogP contribution in [0.2, 0.25) is 0 Å². The molecule has 3 nitrogen and oxygen atoms in total. The molecule has 0 aliphatic heterocycles. The van der Waals surface area contributed by atoms with E-state index in [-0.39, 0.29) is 5.41 Å². The number of fused-ring (bicyclic) bond motifs is 1. The highest BCUT2D eigenvalue weighted by molar-refractivity contribution is 5.16. The highest BCUT2D eigenvalue weighted by atomic mass is 15.1. The minimum absolute atomic E-state index is 0.280. The summed E-state index contributed by atoms with van der Waals surface area (Å²) in [7, 11) is 0. The van der Waals surface area contributed by atoms with Gasteiger partial charge in [-0.15, -0.1) is 0 Å². The molecule has 102 valence electrons. The van der Waals surface area contributed by atoms with E-state index in [4.69, 9.17) is 0 Å². The summed E-state index contributed by atoms with van der Waals surface area (Å²) in [6, 6.07) is 0.503. The molecule has 1 unspecified atom stereocenters. The first-order chi connectivity index (χ1) is 8.52. The Balaban J connectivity index is 2.14. The quantitative estimate of drug-likeness (QED) is 0.889. The highest BCUT2D eigenvalue weighted by Crippen LogP contribution is 2.24. The lowest BCUT2D eigenvalue weighted by Crippen LogP contribution is -2.43. The third-order valence-corrected chi connectivity index (χ3v) is 3.99. The van der Waals surface area contributed by atoms with Gasteiger partial charge in [0.2, 0.25) is 0 Å². The summed E-state index contributed by atoms with van der Waals surface area (Å²) in [5.74, 6) is 0. The monoisotopic (exact) mass is 249 g/mol. The molecule has 2 rings (SSSR count). The first-order valence-electron chi connectivity index (χ1n) is 7.28. The first kappa shape index (κ1) is 13.6. The largest absolute Gasteiger partial charge is 0.333 e. The molecular weight excluding hydrogens is 222 g/mol. The minimum Gasteiger partial charge on any atom is -0.333 e. The zero-order chi connectivity index (χ0) is 13.2. The predicted octanol–water partition coefficient (Wildman–Crippen LogP) is 2.79. The van der Waals surface area contributed by atoms with Crippen molar-refractivity contribution in [1.29, 1.82) is 0 Å². The zero-order valence-corrected chi connectivity index (χ0v) is 12.3. The molecule has 0 amide bonds. The molecule has 0 aromatic carbocycles. The number of nitrogens with zero attached hydrogens (tertiary/aromatic N) is 2.